The summed E-state index contributed by atoms with van der Waals surface area (Å²) in [5.74, 6) is 1.14. The van der Waals surface area contributed by atoms with Crippen LogP contribution in [0.2, 0.25) is 0 Å². The van der Waals surface area contributed by atoms with Crippen LogP contribution in [0.15, 0.2) is 6.07 Å². The summed E-state index contributed by atoms with van der Waals surface area (Å²) < 4.78 is 0. The number of rotatable bonds is 7. The Morgan fingerprint density at radius 2 is 1.90 bits per heavy atom. The van der Waals surface area contributed by atoms with Gasteiger partial charge in [0, 0.05) is 36.9 Å². The molecule has 0 amide bonds. The number of aryl methyl sites for hydroxylation is 2. The van der Waals surface area contributed by atoms with Gasteiger partial charge in [0.05, 0.1) is 0 Å². The average molecular weight is 277 g/mol. The van der Waals surface area contributed by atoms with Gasteiger partial charge in [-0.15, -0.1) is 0 Å². The lowest BCUT2D eigenvalue weighted by Crippen LogP contribution is -2.32. The zero-order chi connectivity index (χ0) is 15.3. The summed E-state index contributed by atoms with van der Waals surface area (Å²) >= 11 is 0. The van der Waals surface area contributed by atoms with E-state index < -0.39 is 0 Å². The van der Waals surface area contributed by atoms with E-state index in [2.05, 4.69) is 64.9 Å². The van der Waals surface area contributed by atoms with Crippen molar-refractivity contribution < 1.29 is 0 Å². The first-order valence-corrected chi connectivity index (χ1v) is 7.80. The molecule has 0 saturated heterocycles. The fourth-order valence-corrected chi connectivity index (χ4v) is 2.48. The van der Waals surface area contributed by atoms with Crippen LogP contribution in [0.25, 0.3) is 0 Å². The number of pyridine rings is 1. The number of nitrogens with zero attached hydrogens (tertiary/aromatic N) is 2. The normalized spacial score (nSPS) is 12.8. The van der Waals surface area contributed by atoms with Gasteiger partial charge in [0.15, 0.2) is 0 Å². The highest BCUT2D eigenvalue weighted by molar-refractivity contribution is 5.51. The Morgan fingerprint density at radius 3 is 2.45 bits per heavy atom. The summed E-state index contributed by atoms with van der Waals surface area (Å²) in [7, 11) is 2.17. The van der Waals surface area contributed by atoms with Gasteiger partial charge in [0.2, 0.25) is 0 Å². The zero-order valence-electron chi connectivity index (χ0n) is 14.2. The number of hydrogen-bond acceptors (Lipinski definition) is 3. The van der Waals surface area contributed by atoms with Crippen molar-refractivity contribution in [2.45, 2.75) is 73.0 Å². The Kier molecular flexibility index (Phi) is 6.47. The predicted molar refractivity (Wildman–Crippen MR) is 88.5 cm³/mol. The van der Waals surface area contributed by atoms with Crippen molar-refractivity contribution >= 4 is 5.82 Å². The maximum atomic E-state index is 4.80. The molecule has 0 aromatic carbocycles. The van der Waals surface area contributed by atoms with Gasteiger partial charge in [-0.05, 0) is 38.8 Å². The van der Waals surface area contributed by atoms with E-state index >= 15 is 0 Å². The van der Waals surface area contributed by atoms with E-state index in [1.807, 2.05) is 0 Å². The molecule has 3 heteroatoms. The van der Waals surface area contributed by atoms with Crippen LogP contribution in [0.5, 0.6) is 0 Å². The van der Waals surface area contributed by atoms with Gasteiger partial charge in [-0.1, -0.05) is 27.2 Å². The Morgan fingerprint density at radius 1 is 1.25 bits per heavy atom. The molecule has 0 aliphatic carbocycles. The average Bonchev–Trinajstić information content (AvgIpc) is 2.36. The Labute approximate surface area is 124 Å². The van der Waals surface area contributed by atoms with Gasteiger partial charge >= 0.3 is 0 Å². The lowest BCUT2D eigenvalue weighted by Gasteiger charge is -2.29. The van der Waals surface area contributed by atoms with E-state index in [1.165, 1.54) is 24.0 Å². The number of hydrogen-bond donors (Lipinski definition) is 1. The zero-order valence-corrected chi connectivity index (χ0v) is 14.2. The maximum Gasteiger partial charge on any atom is 0.133 e. The second-order valence-electron chi connectivity index (χ2n) is 6.17. The smallest absolute Gasteiger partial charge is 0.133 e. The minimum atomic E-state index is 0.488. The molecule has 1 atom stereocenters. The summed E-state index contributed by atoms with van der Waals surface area (Å²) in [6.45, 7) is 14.0. The molecular weight excluding hydrogens is 246 g/mol. The predicted octanol–water partition coefficient (Wildman–Crippen LogP) is 3.82. The van der Waals surface area contributed by atoms with Crippen molar-refractivity contribution in [1.29, 1.82) is 0 Å². The number of nitrogens with one attached hydrogen (secondary N) is 1. The van der Waals surface area contributed by atoms with Crippen LogP contribution < -0.4 is 10.2 Å². The second kappa shape index (κ2) is 7.63. The molecule has 1 aromatic heterocycles. The van der Waals surface area contributed by atoms with Crippen LogP contribution in [0.3, 0.4) is 0 Å². The van der Waals surface area contributed by atoms with Gasteiger partial charge in [-0.2, -0.15) is 0 Å². The van der Waals surface area contributed by atoms with Crippen LogP contribution in [0, 0.1) is 13.8 Å². The van der Waals surface area contributed by atoms with Crippen molar-refractivity contribution in [2.75, 3.05) is 11.9 Å². The van der Waals surface area contributed by atoms with E-state index in [0.29, 0.717) is 12.1 Å². The molecule has 0 spiro atoms. The van der Waals surface area contributed by atoms with Crippen molar-refractivity contribution in [1.82, 2.24) is 10.3 Å². The fourth-order valence-electron chi connectivity index (χ4n) is 2.48. The molecule has 0 fully saturated rings. The van der Waals surface area contributed by atoms with Gasteiger partial charge in [0.25, 0.3) is 0 Å². The second-order valence-corrected chi connectivity index (χ2v) is 6.17. The summed E-state index contributed by atoms with van der Waals surface area (Å²) in [5, 5.41) is 3.52. The standard InChI is InChI=1S/C17H31N3/c1-8-9-15(6)20(7)17-16(11-18-12(2)3)13(4)10-14(5)19-17/h10,12,15,18H,8-9,11H2,1-7H3. The molecule has 1 aromatic rings. The molecule has 3 nitrogen and oxygen atoms in total. The van der Waals surface area contributed by atoms with Crippen molar-refractivity contribution in [2.24, 2.45) is 0 Å². The first kappa shape index (κ1) is 17.0. The summed E-state index contributed by atoms with van der Waals surface area (Å²) in [5.41, 5.74) is 3.76. The van der Waals surface area contributed by atoms with Crippen LogP contribution in [0.1, 0.15) is 57.4 Å². The maximum absolute atomic E-state index is 4.80. The molecular formula is C17H31N3. The minimum absolute atomic E-state index is 0.488. The quantitative estimate of drug-likeness (QED) is 0.821. The highest BCUT2D eigenvalue weighted by Crippen LogP contribution is 2.24. The largest absolute Gasteiger partial charge is 0.357 e. The monoisotopic (exact) mass is 277 g/mol. The Balaban J connectivity index is 3.08. The van der Waals surface area contributed by atoms with Crippen LogP contribution >= 0.6 is 0 Å². The highest BCUT2D eigenvalue weighted by Gasteiger charge is 2.17. The lowest BCUT2D eigenvalue weighted by atomic mass is 10.1. The lowest BCUT2D eigenvalue weighted by molar-refractivity contribution is 0.576. The first-order chi connectivity index (χ1) is 9.36. The first-order valence-electron chi connectivity index (χ1n) is 7.80. The van der Waals surface area contributed by atoms with E-state index in [-0.39, 0.29) is 0 Å². The Hall–Kier alpha value is -1.09. The molecule has 20 heavy (non-hydrogen) atoms. The van der Waals surface area contributed by atoms with Crippen LogP contribution in [0.4, 0.5) is 5.82 Å². The summed E-state index contributed by atoms with van der Waals surface area (Å²) in [6, 6.07) is 3.19. The molecule has 0 aliphatic rings. The van der Waals surface area contributed by atoms with Crippen molar-refractivity contribution in [3.8, 4) is 0 Å². The summed E-state index contributed by atoms with van der Waals surface area (Å²) in [6.07, 6.45) is 2.40. The van der Waals surface area contributed by atoms with Gasteiger partial charge in [0.1, 0.15) is 5.82 Å². The summed E-state index contributed by atoms with van der Waals surface area (Å²) in [4.78, 5) is 7.14. The molecule has 1 unspecified atom stereocenters. The van der Waals surface area contributed by atoms with Gasteiger partial charge in [-0.25, -0.2) is 4.98 Å². The third-order valence-corrected chi connectivity index (χ3v) is 3.84. The van der Waals surface area contributed by atoms with E-state index in [4.69, 9.17) is 4.98 Å². The topological polar surface area (TPSA) is 28.2 Å². The van der Waals surface area contributed by atoms with Crippen molar-refractivity contribution in [3.05, 3.63) is 22.9 Å². The molecule has 0 aliphatic heterocycles. The molecule has 114 valence electrons. The van der Waals surface area contributed by atoms with Crippen LogP contribution in [-0.2, 0) is 6.54 Å². The molecule has 0 saturated carbocycles. The van der Waals surface area contributed by atoms with E-state index in [9.17, 15) is 0 Å². The van der Waals surface area contributed by atoms with Crippen molar-refractivity contribution in [3.63, 3.8) is 0 Å². The molecule has 1 N–H and O–H groups in total. The SMILES string of the molecule is CCCC(C)N(C)c1nc(C)cc(C)c1CNC(C)C. The molecule has 1 heterocycles. The Bertz CT molecular complexity index is 426. The van der Waals surface area contributed by atoms with E-state index in [0.717, 1.165) is 18.1 Å². The van der Waals surface area contributed by atoms with Crippen LogP contribution in [-0.4, -0.2) is 24.1 Å². The number of aromatic nitrogens is 1. The van der Waals surface area contributed by atoms with Gasteiger partial charge < -0.3 is 10.2 Å². The number of anilines is 1. The fraction of sp³-hybridized carbons (Fsp3) is 0.706. The van der Waals surface area contributed by atoms with Gasteiger partial charge in [-0.3, -0.25) is 0 Å². The minimum Gasteiger partial charge on any atom is -0.357 e. The molecule has 0 radical (unpaired) electrons. The molecule has 1 rings (SSSR count). The molecule has 0 bridgehead atoms. The third-order valence-electron chi connectivity index (χ3n) is 3.84. The highest BCUT2D eigenvalue weighted by atomic mass is 15.2. The van der Waals surface area contributed by atoms with E-state index in [1.54, 1.807) is 0 Å². The third kappa shape index (κ3) is 4.48.